The molecule has 14 heavy (non-hydrogen) atoms. The third-order valence-corrected chi connectivity index (χ3v) is 1.69. The summed E-state index contributed by atoms with van der Waals surface area (Å²) >= 11 is 0. The number of carbonyl (C=O) groups excluding carboxylic acids is 1. The molecule has 4 heteroatoms. The van der Waals surface area contributed by atoms with Gasteiger partial charge in [-0.05, 0) is 13.8 Å². The molecule has 84 valence electrons. The summed E-state index contributed by atoms with van der Waals surface area (Å²) in [6, 6.07) is 0. The van der Waals surface area contributed by atoms with E-state index in [-0.39, 0.29) is 34.5 Å². The van der Waals surface area contributed by atoms with Gasteiger partial charge < -0.3 is 9.84 Å². The van der Waals surface area contributed by atoms with E-state index in [1.165, 1.54) is 6.08 Å². The van der Waals surface area contributed by atoms with E-state index in [0.717, 1.165) is 0 Å². The molecular formula is C10H18FeO3. The van der Waals surface area contributed by atoms with Gasteiger partial charge in [0, 0.05) is 35.7 Å². The van der Waals surface area contributed by atoms with Crippen molar-refractivity contribution in [3.05, 3.63) is 11.8 Å². The van der Waals surface area contributed by atoms with Crippen molar-refractivity contribution in [3.63, 3.8) is 0 Å². The van der Waals surface area contributed by atoms with Crippen molar-refractivity contribution in [3.8, 4) is 0 Å². The van der Waals surface area contributed by atoms with Gasteiger partial charge in [0.15, 0.2) is 5.78 Å². The van der Waals surface area contributed by atoms with Crippen LogP contribution in [-0.4, -0.2) is 23.6 Å². The number of aliphatic hydroxyl groups excluding tert-OH is 1. The largest absolute Gasteiger partial charge is 0.509 e. The third-order valence-electron chi connectivity index (χ3n) is 1.69. The third kappa shape index (κ3) is 6.19. The van der Waals surface area contributed by atoms with Crippen molar-refractivity contribution < 1.29 is 31.7 Å². The molecule has 0 fully saturated rings. The van der Waals surface area contributed by atoms with Crippen molar-refractivity contribution in [1.29, 1.82) is 0 Å². The van der Waals surface area contributed by atoms with Crippen molar-refractivity contribution >= 4 is 5.78 Å². The van der Waals surface area contributed by atoms with Crippen LogP contribution in [0, 0.1) is 5.92 Å². The molecular weight excluding hydrogens is 224 g/mol. The molecule has 0 amide bonds. The van der Waals surface area contributed by atoms with Crippen molar-refractivity contribution in [2.75, 3.05) is 6.61 Å². The van der Waals surface area contributed by atoms with Gasteiger partial charge in [0.2, 0.25) is 0 Å². The first-order valence-corrected chi connectivity index (χ1v) is 4.55. The quantitative estimate of drug-likeness (QED) is 0.456. The van der Waals surface area contributed by atoms with Crippen LogP contribution in [0.2, 0.25) is 0 Å². The van der Waals surface area contributed by atoms with Crippen LogP contribution < -0.4 is 0 Å². The zero-order valence-corrected chi connectivity index (χ0v) is 10.2. The summed E-state index contributed by atoms with van der Waals surface area (Å²) in [6.07, 6.45) is 0.845. The van der Waals surface area contributed by atoms with Crippen molar-refractivity contribution in [2.45, 2.75) is 33.8 Å². The zero-order chi connectivity index (χ0) is 10.4. The Morgan fingerprint density at radius 1 is 1.43 bits per heavy atom. The van der Waals surface area contributed by atoms with Gasteiger partial charge >= 0.3 is 0 Å². The first-order chi connectivity index (χ1) is 5.99. The Labute approximate surface area is 96.0 Å². The predicted octanol–water partition coefficient (Wildman–Crippen LogP) is 2.08. The summed E-state index contributed by atoms with van der Waals surface area (Å²) in [5, 5.41) is 9.38. The summed E-state index contributed by atoms with van der Waals surface area (Å²) in [7, 11) is 0. The molecule has 1 unspecified atom stereocenters. The second-order valence-electron chi connectivity index (χ2n) is 3.22. The summed E-state index contributed by atoms with van der Waals surface area (Å²) in [4.78, 5) is 11.2. The SMILES string of the molecule is CCOC(C)/C(O)=C/C(=O)C(C)C.[Fe]. The average molecular weight is 242 g/mol. The molecule has 0 aliphatic carbocycles. The van der Waals surface area contributed by atoms with E-state index >= 15 is 0 Å². The van der Waals surface area contributed by atoms with Crippen molar-refractivity contribution in [2.24, 2.45) is 5.92 Å². The molecule has 0 saturated carbocycles. The number of aliphatic hydroxyl groups is 1. The Balaban J connectivity index is 0. The fourth-order valence-corrected chi connectivity index (χ4v) is 0.765. The summed E-state index contributed by atoms with van der Waals surface area (Å²) in [5.74, 6) is -0.166. The molecule has 0 saturated heterocycles. The average Bonchev–Trinajstić information content (AvgIpc) is 2.04. The van der Waals surface area contributed by atoms with Crippen molar-refractivity contribution in [1.82, 2.24) is 0 Å². The first kappa shape index (κ1) is 16.1. The van der Waals surface area contributed by atoms with E-state index in [1.807, 2.05) is 6.92 Å². The minimum absolute atomic E-state index is 0. The van der Waals surface area contributed by atoms with Crippen LogP contribution in [-0.2, 0) is 26.6 Å². The van der Waals surface area contributed by atoms with Crippen LogP contribution >= 0.6 is 0 Å². The van der Waals surface area contributed by atoms with Gasteiger partial charge in [0.25, 0.3) is 0 Å². The van der Waals surface area contributed by atoms with E-state index in [2.05, 4.69) is 0 Å². The van der Waals surface area contributed by atoms with E-state index in [0.29, 0.717) is 6.61 Å². The number of allylic oxidation sites excluding steroid dienone is 1. The van der Waals surface area contributed by atoms with Gasteiger partial charge in [-0.25, -0.2) is 0 Å². The Morgan fingerprint density at radius 3 is 2.29 bits per heavy atom. The topological polar surface area (TPSA) is 46.5 Å². The van der Waals surface area contributed by atoms with Gasteiger partial charge in [-0.3, -0.25) is 4.79 Å². The fourth-order valence-electron chi connectivity index (χ4n) is 0.765. The number of ether oxygens (including phenoxy) is 1. The summed E-state index contributed by atoms with van der Waals surface area (Å²) < 4.78 is 5.11. The first-order valence-electron chi connectivity index (χ1n) is 4.55. The molecule has 0 aromatic carbocycles. The molecule has 0 heterocycles. The number of carbonyl (C=O) groups is 1. The second-order valence-corrected chi connectivity index (χ2v) is 3.22. The summed E-state index contributed by atoms with van der Waals surface area (Å²) in [6.45, 7) is 7.65. The normalized spacial score (nSPS) is 13.6. The van der Waals surface area contributed by atoms with Crippen LogP contribution in [0.1, 0.15) is 27.7 Å². The molecule has 0 aromatic rings. The van der Waals surface area contributed by atoms with E-state index in [9.17, 15) is 9.90 Å². The number of rotatable bonds is 5. The van der Waals surface area contributed by atoms with Crippen LogP contribution in [0.5, 0.6) is 0 Å². The zero-order valence-electron chi connectivity index (χ0n) is 9.06. The Kier molecular flexibility index (Phi) is 9.26. The molecule has 0 bridgehead atoms. The van der Waals surface area contributed by atoms with Crippen LogP contribution in [0.4, 0.5) is 0 Å². The molecule has 0 aliphatic rings. The van der Waals surface area contributed by atoms with E-state index in [1.54, 1.807) is 20.8 Å². The number of ketones is 1. The second kappa shape index (κ2) is 8.04. The molecule has 0 radical (unpaired) electrons. The molecule has 1 atom stereocenters. The van der Waals surface area contributed by atoms with Crippen LogP contribution in [0.15, 0.2) is 11.8 Å². The predicted molar refractivity (Wildman–Crippen MR) is 51.6 cm³/mol. The standard InChI is InChI=1S/C10H18O3.Fe/c1-5-13-8(4)10(12)6-9(11)7(2)3;/h6-8,12H,5H2,1-4H3;/b10-6-;. The maximum Gasteiger partial charge on any atom is 0.161 e. The van der Waals surface area contributed by atoms with Gasteiger partial charge in [-0.15, -0.1) is 0 Å². The van der Waals surface area contributed by atoms with Gasteiger partial charge in [-0.1, -0.05) is 13.8 Å². The Bertz CT molecular complexity index is 200. The van der Waals surface area contributed by atoms with Gasteiger partial charge in [0.05, 0.1) is 0 Å². The minimum atomic E-state index is -0.396. The molecule has 0 rings (SSSR count). The summed E-state index contributed by atoms with van der Waals surface area (Å²) in [5.41, 5.74) is 0. The van der Waals surface area contributed by atoms with Gasteiger partial charge in [0.1, 0.15) is 11.9 Å². The molecule has 0 spiro atoms. The van der Waals surface area contributed by atoms with E-state index < -0.39 is 6.10 Å². The molecule has 0 aliphatic heterocycles. The molecule has 3 nitrogen and oxygen atoms in total. The van der Waals surface area contributed by atoms with Gasteiger partial charge in [-0.2, -0.15) is 0 Å². The Morgan fingerprint density at radius 2 is 1.93 bits per heavy atom. The molecule has 0 aromatic heterocycles. The van der Waals surface area contributed by atoms with Crippen LogP contribution in [0.3, 0.4) is 0 Å². The minimum Gasteiger partial charge on any atom is -0.509 e. The molecule has 1 N–H and O–H groups in total. The van der Waals surface area contributed by atoms with Crippen LogP contribution in [0.25, 0.3) is 0 Å². The fraction of sp³-hybridized carbons (Fsp3) is 0.700. The Hall–Kier alpha value is -0.311. The monoisotopic (exact) mass is 242 g/mol. The number of hydrogen-bond donors (Lipinski definition) is 1. The smallest absolute Gasteiger partial charge is 0.161 e. The number of hydrogen-bond acceptors (Lipinski definition) is 3. The van der Waals surface area contributed by atoms with E-state index in [4.69, 9.17) is 4.74 Å². The maximum absolute atomic E-state index is 11.2. The maximum atomic E-state index is 11.2.